The van der Waals surface area contributed by atoms with Crippen LogP contribution in [0.5, 0.6) is 11.5 Å². The summed E-state index contributed by atoms with van der Waals surface area (Å²) in [5, 5.41) is 11.8. The third-order valence-electron chi connectivity index (χ3n) is 5.88. The highest BCUT2D eigenvalue weighted by Gasteiger charge is 2.48. The van der Waals surface area contributed by atoms with Gasteiger partial charge in [-0.25, -0.2) is 0 Å². The van der Waals surface area contributed by atoms with Crippen molar-refractivity contribution in [2.45, 2.75) is 58.0 Å². The zero-order valence-electron chi connectivity index (χ0n) is 15.6. The van der Waals surface area contributed by atoms with Crippen molar-refractivity contribution >= 4 is 5.78 Å². The first-order valence-electron chi connectivity index (χ1n) is 9.05. The molecule has 1 N–H and O–H groups in total. The summed E-state index contributed by atoms with van der Waals surface area (Å²) in [6.45, 7) is 4.45. The van der Waals surface area contributed by atoms with Gasteiger partial charge in [-0.3, -0.25) is 4.79 Å². The number of carbonyl (C=O) groups is 1. The highest BCUT2D eigenvalue weighted by molar-refractivity contribution is 5.93. The third kappa shape index (κ3) is 2.86. The van der Waals surface area contributed by atoms with E-state index >= 15 is 0 Å². The molecule has 4 nitrogen and oxygen atoms in total. The zero-order chi connectivity index (χ0) is 18.2. The molecule has 2 aliphatic rings. The Kier molecular flexibility index (Phi) is 4.67. The molecule has 4 heteroatoms. The predicted molar refractivity (Wildman–Crippen MR) is 97.0 cm³/mol. The molecule has 2 aliphatic carbocycles. The van der Waals surface area contributed by atoms with Gasteiger partial charge < -0.3 is 14.6 Å². The van der Waals surface area contributed by atoms with Crippen LogP contribution in [0.3, 0.4) is 0 Å². The lowest BCUT2D eigenvalue weighted by Gasteiger charge is -2.40. The number of allylic oxidation sites excluding steroid dienone is 1. The van der Waals surface area contributed by atoms with E-state index in [1.807, 2.05) is 0 Å². The number of ketones is 1. The van der Waals surface area contributed by atoms with Gasteiger partial charge in [0, 0.05) is 12.0 Å². The monoisotopic (exact) mass is 344 g/mol. The maximum Gasteiger partial charge on any atom is 0.173 e. The number of benzene rings is 1. The van der Waals surface area contributed by atoms with E-state index in [0.717, 1.165) is 37.7 Å². The Morgan fingerprint density at radius 1 is 1.00 bits per heavy atom. The molecule has 1 aromatic carbocycles. The van der Waals surface area contributed by atoms with Crippen LogP contribution in [0, 0.1) is 5.41 Å². The van der Waals surface area contributed by atoms with Crippen LogP contribution in [0.15, 0.2) is 29.3 Å². The first kappa shape index (κ1) is 18.0. The minimum absolute atomic E-state index is 0.0122. The smallest absolute Gasteiger partial charge is 0.173 e. The van der Waals surface area contributed by atoms with Crippen molar-refractivity contribution in [3.63, 3.8) is 0 Å². The summed E-state index contributed by atoms with van der Waals surface area (Å²) in [6, 6.07) is 5.29. The lowest BCUT2D eigenvalue weighted by atomic mass is 9.66. The van der Waals surface area contributed by atoms with E-state index < -0.39 is 5.60 Å². The summed E-state index contributed by atoms with van der Waals surface area (Å²) in [6.07, 6.45) is 4.86. The topological polar surface area (TPSA) is 55.8 Å². The molecular formula is C21H28O4. The van der Waals surface area contributed by atoms with Crippen LogP contribution in [-0.2, 0) is 10.4 Å². The molecule has 25 heavy (non-hydrogen) atoms. The first-order chi connectivity index (χ1) is 11.8. The zero-order valence-corrected chi connectivity index (χ0v) is 15.6. The Bertz CT molecular complexity index is 717. The number of aliphatic hydroxyl groups is 1. The fourth-order valence-electron chi connectivity index (χ4n) is 4.49. The van der Waals surface area contributed by atoms with Crippen molar-refractivity contribution < 1.29 is 19.4 Å². The van der Waals surface area contributed by atoms with Crippen LogP contribution in [0.2, 0.25) is 0 Å². The Hall–Kier alpha value is -1.81. The molecule has 0 bridgehead atoms. The molecule has 3 rings (SSSR count). The van der Waals surface area contributed by atoms with E-state index in [4.69, 9.17) is 9.47 Å². The van der Waals surface area contributed by atoms with Gasteiger partial charge >= 0.3 is 0 Å². The summed E-state index contributed by atoms with van der Waals surface area (Å²) >= 11 is 0. The number of carbonyl (C=O) groups excluding carboxylic acids is 1. The number of Topliss-reactive ketones (excluding diaryl/α,β-unsaturated/α-hetero) is 1. The van der Waals surface area contributed by atoms with Crippen molar-refractivity contribution in [3.8, 4) is 11.5 Å². The number of hydrogen-bond donors (Lipinski definition) is 1. The highest BCUT2D eigenvalue weighted by atomic mass is 16.5. The maximum absolute atomic E-state index is 13.1. The van der Waals surface area contributed by atoms with E-state index in [9.17, 15) is 9.90 Å². The van der Waals surface area contributed by atoms with Crippen molar-refractivity contribution in [3.05, 3.63) is 34.9 Å². The third-order valence-corrected chi connectivity index (χ3v) is 5.88. The molecule has 1 atom stereocenters. The second kappa shape index (κ2) is 6.49. The van der Waals surface area contributed by atoms with E-state index in [2.05, 4.69) is 13.8 Å². The molecule has 0 fully saturated rings. The molecular weight excluding hydrogens is 316 g/mol. The molecule has 0 heterocycles. The van der Waals surface area contributed by atoms with Crippen LogP contribution in [0.25, 0.3) is 0 Å². The van der Waals surface area contributed by atoms with Crippen LogP contribution in [0.4, 0.5) is 0 Å². The quantitative estimate of drug-likeness (QED) is 0.837. The highest BCUT2D eigenvalue weighted by Crippen LogP contribution is 2.52. The second-order valence-electron chi connectivity index (χ2n) is 7.75. The van der Waals surface area contributed by atoms with Crippen LogP contribution < -0.4 is 9.47 Å². The van der Waals surface area contributed by atoms with Gasteiger partial charge in [0.25, 0.3) is 0 Å². The number of hydrogen-bond acceptors (Lipinski definition) is 4. The SMILES string of the molecule is COc1ccc(OC)c([C@@]2(O)C(=O)CCCC3=C2CCCC3(C)C)c1. The average Bonchev–Trinajstić information content (AvgIpc) is 2.73. The minimum atomic E-state index is -1.62. The normalized spacial score (nSPS) is 26.0. The number of methoxy groups -OCH3 is 2. The molecule has 0 saturated carbocycles. The standard InChI is InChI=1S/C21H28O4/c1-20(2)12-6-8-16-15(20)7-5-9-19(22)21(16,23)17-13-14(24-3)10-11-18(17)25-4/h10-11,13,23H,5-9,12H2,1-4H3/t21-/m1/s1. The van der Waals surface area contributed by atoms with E-state index in [0.29, 0.717) is 23.5 Å². The Labute approximate surface area is 149 Å². The van der Waals surface area contributed by atoms with Gasteiger partial charge in [-0.05, 0) is 61.3 Å². The fourth-order valence-corrected chi connectivity index (χ4v) is 4.49. The van der Waals surface area contributed by atoms with Gasteiger partial charge in [0.15, 0.2) is 11.4 Å². The minimum Gasteiger partial charge on any atom is -0.497 e. The molecule has 0 unspecified atom stereocenters. The number of rotatable bonds is 3. The van der Waals surface area contributed by atoms with Crippen molar-refractivity contribution in [1.82, 2.24) is 0 Å². The molecule has 0 aliphatic heterocycles. The van der Waals surface area contributed by atoms with Gasteiger partial charge in [-0.2, -0.15) is 0 Å². The van der Waals surface area contributed by atoms with Gasteiger partial charge in [0.05, 0.1) is 14.2 Å². The van der Waals surface area contributed by atoms with Crippen LogP contribution >= 0.6 is 0 Å². The van der Waals surface area contributed by atoms with Crippen molar-refractivity contribution in [2.24, 2.45) is 5.41 Å². The lowest BCUT2D eigenvalue weighted by molar-refractivity contribution is -0.135. The predicted octanol–water partition coefficient (Wildman–Crippen LogP) is 4.15. The summed E-state index contributed by atoms with van der Waals surface area (Å²) in [7, 11) is 3.15. The summed E-state index contributed by atoms with van der Waals surface area (Å²) < 4.78 is 10.8. The molecule has 0 spiro atoms. The molecule has 1 aromatic rings. The van der Waals surface area contributed by atoms with E-state index in [1.165, 1.54) is 5.57 Å². The molecule has 0 radical (unpaired) electrons. The molecule has 136 valence electrons. The van der Waals surface area contributed by atoms with Gasteiger partial charge in [-0.1, -0.05) is 19.4 Å². The summed E-state index contributed by atoms with van der Waals surface area (Å²) in [4.78, 5) is 13.1. The maximum atomic E-state index is 13.1. The van der Waals surface area contributed by atoms with E-state index in [1.54, 1.807) is 32.4 Å². The average molecular weight is 344 g/mol. The van der Waals surface area contributed by atoms with Gasteiger partial charge in [0.1, 0.15) is 11.5 Å². The van der Waals surface area contributed by atoms with Gasteiger partial charge in [-0.15, -0.1) is 0 Å². The molecule has 0 amide bonds. The van der Waals surface area contributed by atoms with Crippen LogP contribution in [-0.4, -0.2) is 25.1 Å². The molecule has 0 aromatic heterocycles. The summed E-state index contributed by atoms with van der Waals surface area (Å²) in [5.74, 6) is 0.994. The van der Waals surface area contributed by atoms with Crippen molar-refractivity contribution in [1.29, 1.82) is 0 Å². The fraction of sp³-hybridized carbons (Fsp3) is 0.571. The van der Waals surface area contributed by atoms with Crippen LogP contribution in [0.1, 0.15) is 57.9 Å². The Morgan fingerprint density at radius 2 is 1.72 bits per heavy atom. The Balaban J connectivity index is 2.28. The van der Waals surface area contributed by atoms with E-state index in [-0.39, 0.29) is 11.2 Å². The Morgan fingerprint density at radius 3 is 2.40 bits per heavy atom. The van der Waals surface area contributed by atoms with Gasteiger partial charge in [0.2, 0.25) is 0 Å². The largest absolute Gasteiger partial charge is 0.497 e. The molecule has 0 saturated heterocycles. The lowest BCUT2D eigenvalue weighted by Crippen LogP contribution is -2.40. The second-order valence-corrected chi connectivity index (χ2v) is 7.75. The van der Waals surface area contributed by atoms with Crippen molar-refractivity contribution in [2.75, 3.05) is 14.2 Å². The summed E-state index contributed by atoms with van der Waals surface area (Å²) in [5.41, 5.74) is 1.03. The first-order valence-corrected chi connectivity index (χ1v) is 9.05. The number of ether oxygens (including phenoxy) is 2.